The van der Waals surface area contributed by atoms with Crippen LogP contribution in [0.1, 0.15) is 0 Å². The van der Waals surface area contributed by atoms with Gasteiger partial charge in [-0.1, -0.05) is 17.8 Å². The lowest BCUT2D eigenvalue weighted by molar-refractivity contribution is -0.113. The zero-order chi connectivity index (χ0) is 17.1. The number of anilines is 1. The van der Waals surface area contributed by atoms with Crippen molar-refractivity contribution in [1.82, 2.24) is 14.8 Å². The van der Waals surface area contributed by atoms with E-state index in [4.69, 9.17) is 0 Å². The fraction of sp³-hybridized carbons (Fsp3) is 0.133. The van der Waals surface area contributed by atoms with E-state index < -0.39 is 11.6 Å². The maximum atomic E-state index is 13.1. The summed E-state index contributed by atoms with van der Waals surface area (Å²) in [6.07, 6.45) is 0. The second kappa shape index (κ2) is 7.10. The van der Waals surface area contributed by atoms with Crippen molar-refractivity contribution < 1.29 is 13.6 Å². The van der Waals surface area contributed by atoms with Crippen molar-refractivity contribution in [2.75, 3.05) is 11.1 Å². The third kappa shape index (κ3) is 3.80. The number of amides is 1. The standard InChI is InChI=1S/C15H12F2N4OS2/c1-21-14(12-3-2-4-23-12)19-20-15(21)24-8-13(22)18-11-6-9(16)5-10(17)7-11/h2-7H,8H2,1H3,(H,18,22). The minimum Gasteiger partial charge on any atom is -0.325 e. The molecule has 0 aliphatic rings. The number of hydrogen-bond acceptors (Lipinski definition) is 5. The minimum absolute atomic E-state index is 0.0501. The molecule has 2 aromatic heterocycles. The normalized spacial score (nSPS) is 10.8. The topological polar surface area (TPSA) is 59.8 Å². The van der Waals surface area contributed by atoms with Crippen molar-refractivity contribution in [3.8, 4) is 10.7 Å². The molecular formula is C15H12F2N4OS2. The average Bonchev–Trinajstić information content (AvgIpc) is 3.13. The molecular weight excluding hydrogens is 354 g/mol. The number of carbonyl (C=O) groups excluding carboxylic acids is 1. The van der Waals surface area contributed by atoms with E-state index in [1.54, 1.807) is 15.9 Å². The summed E-state index contributed by atoms with van der Waals surface area (Å²) in [6.45, 7) is 0. The molecule has 0 saturated carbocycles. The monoisotopic (exact) mass is 366 g/mol. The molecule has 0 bridgehead atoms. The van der Waals surface area contributed by atoms with E-state index >= 15 is 0 Å². The zero-order valence-electron chi connectivity index (χ0n) is 12.5. The highest BCUT2D eigenvalue weighted by atomic mass is 32.2. The number of hydrogen-bond donors (Lipinski definition) is 1. The first-order valence-corrected chi connectivity index (χ1v) is 8.71. The Morgan fingerprint density at radius 1 is 1.29 bits per heavy atom. The lowest BCUT2D eigenvalue weighted by Crippen LogP contribution is -2.14. The van der Waals surface area contributed by atoms with E-state index in [-0.39, 0.29) is 17.3 Å². The lowest BCUT2D eigenvalue weighted by Gasteiger charge is -2.06. The van der Waals surface area contributed by atoms with E-state index in [9.17, 15) is 13.6 Å². The molecule has 2 heterocycles. The van der Waals surface area contributed by atoms with Crippen LogP contribution in [-0.2, 0) is 11.8 Å². The van der Waals surface area contributed by atoms with Gasteiger partial charge in [-0.05, 0) is 23.6 Å². The van der Waals surface area contributed by atoms with Gasteiger partial charge >= 0.3 is 0 Å². The summed E-state index contributed by atoms with van der Waals surface area (Å²) in [5.74, 6) is -1.10. The van der Waals surface area contributed by atoms with E-state index in [0.717, 1.165) is 28.9 Å². The molecule has 124 valence electrons. The Balaban J connectivity index is 1.62. The van der Waals surface area contributed by atoms with Gasteiger partial charge in [0.2, 0.25) is 5.91 Å². The average molecular weight is 366 g/mol. The number of aromatic nitrogens is 3. The highest BCUT2D eigenvalue weighted by Gasteiger charge is 2.14. The maximum Gasteiger partial charge on any atom is 0.234 e. The molecule has 1 aromatic carbocycles. The van der Waals surface area contributed by atoms with Crippen molar-refractivity contribution in [3.05, 3.63) is 47.3 Å². The molecule has 0 saturated heterocycles. The first-order valence-electron chi connectivity index (χ1n) is 6.85. The summed E-state index contributed by atoms with van der Waals surface area (Å²) in [6, 6.07) is 6.73. The van der Waals surface area contributed by atoms with Crippen molar-refractivity contribution in [2.24, 2.45) is 7.05 Å². The third-order valence-corrected chi connectivity index (χ3v) is 4.94. The number of nitrogens with one attached hydrogen (secondary N) is 1. The van der Waals surface area contributed by atoms with Gasteiger partial charge in [-0.25, -0.2) is 8.78 Å². The van der Waals surface area contributed by atoms with Crippen LogP contribution in [0.15, 0.2) is 40.9 Å². The molecule has 24 heavy (non-hydrogen) atoms. The van der Waals surface area contributed by atoms with Crippen molar-refractivity contribution in [3.63, 3.8) is 0 Å². The summed E-state index contributed by atoms with van der Waals surface area (Å²) in [5, 5.41) is 13.2. The van der Waals surface area contributed by atoms with Crippen LogP contribution >= 0.6 is 23.1 Å². The number of benzene rings is 1. The van der Waals surface area contributed by atoms with E-state index in [1.807, 2.05) is 24.6 Å². The van der Waals surface area contributed by atoms with Gasteiger partial charge in [0.05, 0.1) is 10.6 Å². The maximum absolute atomic E-state index is 13.1. The summed E-state index contributed by atoms with van der Waals surface area (Å²) in [7, 11) is 1.82. The van der Waals surface area contributed by atoms with Gasteiger partial charge in [0, 0.05) is 18.8 Å². The quantitative estimate of drug-likeness (QED) is 0.702. The Morgan fingerprint density at radius 2 is 2.04 bits per heavy atom. The largest absolute Gasteiger partial charge is 0.325 e. The third-order valence-electron chi connectivity index (χ3n) is 3.06. The summed E-state index contributed by atoms with van der Waals surface area (Å²) < 4.78 is 28.0. The van der Waals surface area contributed by atoms with E-state index in [2.05, 4.69) is 15.5 Å². The zero-order valence-corrected chi connectivity index (χ0v) is 14.1. The molecule has 1 amide bonds. The highest BCUT2D eigenvalue weighted by molar-refractivity contribution is 7.99. The predicted octanol–water partition coefficient (Wildman–Crippen LogP) is 3.55. The van der Waals surface area contributed by atoms with Crippen molar-refractivity contribution >= 4 is 34.7 Å². The molecule has 0 atom stereocenters. The Morgan fingerprint density at radius 3 is 2.71 bits per heavy atom. The number of carbonyl (C=O) groups is 1. The highest BCUT2D eigenvalue weighted by Crippen LogP contribution is 2.26. The first kappa shape index (κ1) is 16.6. The smallest absolute Gasteiger partial charge is 0.234 e. The summed E-state index contributed by atoms with van der Waals surface area (Å²) in [5.41, 5.74) is 0.0790. The lowest BCUT2D eigenvalue weighted by atomic mass is 10.3. The number of rotatable bonds is 5. The summed E-state index contributed by atoms with van der Waals surface area (Å²) >= 11 is 2.74. The van der Waals surface area contributed by atoms with Crippen LogP contribution in [0.3, 0.4) is 0 Å². The Kier molecular flexibility index (Phi) is 4.91. The molecule has 5 nitrogen and oxygen atoms in total. The number of thiophene rings is 1. The van der Waals surface area contributed by atoms with Gasteiger partial charge in [0.1, 0.15) is 11.6 Å². The van der Waals surface area contributed by atoms with Crippen molar-refractivity contribution in [1.29, 1.82) is 0 Å². The summed E-state index contributed by atoms with van der Waals surface area (Å²) in [4.78, 5) is 12.9. The van der Waals surface area contributed by atoms with Crippen LogP contribution in [-0.4, -0.2) is 26.4 Å². The fourth-order valence-corrected chi connectivity index (χ4v) is 3.47. The van der Waals surface area contributed by atoms with Crippen LogP contribution in [0.2, 0.25) is 0 Å². The number of thioether (sulfide) groups is 1. The van der Waals surface area contributed by atoms with Gasteiger partial charge in [0.25, 0.3) is 0 Å². The van der Waals surface area contributed by atoms with Gasteiger partial charge in [-0.2, -0.15) is 0 Å². The molecule has 1 N–H and O–H groups in total. The van der Waals surface area contributed by atoms with Crippen LogP contribution in [0.5, 0.6) is 0 Å². The van der Waals surface area contributed by atoms with Crippen LogP contribution in [0.25, 0.3) is 10.7 Å². The van der Waals surface area contributed by atoms with Gasteiger partial charge in [-0.3, -0.25) is 4.79 Å². The second-order valence-electron chi connectivity index (χ2n) is 4.84. The first-order chi connectivity index (χ1) is 11.5. The molecule has 0 spiro atoms. The molecule has 3 rings (SSSR count). The number of halogens is 2. The fourth-order valence-electron chi connectivity index (χ4n) is 2.01. The molecule has 0 fully saturated rings. The van der Waals surface area contributed by atoms with E-state index in [0.29, 0.717) is 5.16 Å². The van der Waals surface area contributed by atoms with Crippen LogP contribution in [0.4, 0.5) is 14.5 Å². The molecule has 0 unspecified atom stereocenters. The van der Waals surface area contributed by atoms with E-state index in [1.165, 1.54) is 11.8 Å². The molecule has 3 aromatic rings. The van der Waals surface area contributed by atoms with Gasteiger partial charge in [0.15, 0.2) is 11.0 Å². The van der Waals surface area contributed by atoms with Gasteiger partial charge < -0.3 is 9.88 Å². The molecule has 9 heteroatoms. The van der Waals surface area contributed by atoms with Gasteiger partial charge in [-0.15, -0.1) is 21.5 Å². The predicted molar refractivity (Wildman–Crippen MR) is 90.0 cm³/mol. The molecule has 0 aliphatic carbocycles. The SMILES string of the molecule is Cn1c(SCC(=O)Nc2cc(F)cc(F)c2)nnc1-c1cccs1. The molecule has 0 aliphatic heterocycles. The second-order valence-corrected chi connectivity index (χ2v) is 6.73. The van der Waals surface area contributed by atoms with Crippen molar-refractivity contribution in [2.45, 2.75) is 5.16 Å². The minimum atomic E-state index is -0.744. The van der Waals surface area contributed by atoms with Crippen LogP contribution < -0.4 is 5.32 Å². The number of nitrogens with zero attached hydrogens (tertiary/aromatic N) is 3. The Hall–Kier alpha value is -2.26. The Bertz CT molecular complexity index is 844. The van der Waals surface area contributed by atoms with Crippen LogP contribution in [0, 0.1) is 11.6 Å². The molecule has 0 radical (unpaired) electrons. The Labute approximate surface area is 144 Å².